The normalized spacial score (nSPS) is 13.7. The van der Waals surface area contributed by atoms with E-state index in [2.05, 4.69) is 5.32 Å². The van der Waals surface area contributed by atoms with Gasteiger partial charge < -0.3 is 5.32 Å². The average molecular weight is 358 g/mol. The summed E-state index contributed by atoms with van der Waals surface area (Å²) in [6.07, 6.45) is 3.29. The van der Waals surface area contributed by atoms with Crippen molar-refractivity contribution in [1.82, 2.24) is 9.62 Å². The monoisotopic (exact) mass is 358 g/mol. The molecule has 0 radical (unpaired) electrons. The molecule has 1 N–H and O–H groups in total. The number of carbonyl (C=O) groups excluding carboxylic acids is 1. The second kappa shape index (κ2) is 6.98. The summed E-state index contributed by atoms with van der Waals surface area (Å²) in [4.78, 5) is 12.6. The third-order valence-corrected chi connectivity index (χ3v) is 6.34. The highest BCUT2D eigenvalue weighted by atomic mass is 32.2. The number of nitrogens with one attached hydrogen (secondary N) is 1. The number of hydrogen-bond donors (Lipinski definition) is 1. The standard InChI is InChI=1S/C19H22N2O3S/c1-21(2)25(23,24)18-10-6-14(7-11-18)13-20-19(22)17-9-8-15-4-3-5-16(15)12-17/h6-12H,3-5,13H2,1-2H3,(H,20,22). The summed E-state index contributed by atoms with van der Waals surface area (Å²) in [5, 5.41) is 2.89. The molecule has 5 nitrogen and oxygen atoms in total. The summed E-state index contributed by atoms with van der Waals surface area (Å²) >= 11 is 0. The lowest BCUT2D eigenvalue weighted by molar-refractivity contribution is 0.0951. The number of amides is 1. The SMILES string of the molecule is CN(C)S(=O)(=O)c1ccc(CNC(=O)c2ccc3c(c2)CCC3)cc1. The zero-order valence-corrected chi connectivity index (χ0v) is 15.3. The number of carbonyl (C=O) groups is 1. The van der Waals surface area contributed by atoms with Crippen molar-refractivity contribution in [3.05, 3.63) is 64.7 Å². The van der Waals surface area contributed by atoms with Gasteiger partial charge in [0.2, 0.25) is 10.0 Å². The van der Waals surface area contributed by atoms with Crippen molar-refractivity contribution in [2.45, 2.75) is 30.7 Å². The lowest BCUT2D eigenvalue weighted by Crippen LogP contribution is -2.23. The lowest BCUT2D eigenvalue weighted by Gasteiger charge is -2.12. The lowest BCUT2D eigenvalue weighted by atomic mass is 10.1. The number of sulfonamides is 1. The van der Waals surface area contributed by atoms with E-state index in [1.807, 2.05) is 18.2 Å². The van der Waals surface area contributed by atoms with Crippen LogP contribution in [0.5, 0.6) is 0 Å². The van der Waals surface area contributed by atoms with E-state index in [9.17, 15) is 13.2 Å². The second-order valence-corrected chi connectivity index (χ2v) is 8.60. The molecule has 0 fully saturated rings. The average Bonchev–Trinajstić information content (AvgIpc) is 3.07. The molecule has 1 aliphatic rings. The number of hydrogen-bond acceptors (Lipinski definition) is 3. The van der Waals surface area contributed by atoms with E-state index in [4.69, 9.17) is 0 Å². The van der Waals surface area contributed by atoms with Gasteiger partial charge in [-0.2, -0.15) is 0 Å². The molecule has 0 saturated heterocycles. The van der Waals surface area contributed by atoms with Gasteiger partial charge in [-0.05, 0) is 60.2 Å². The van der Waals surface area contributed by atoms with Crippen LogP contribution >= 0.6 is 0 Å². The molecule has 25 heavy (non-hydrogen) atoms. The number of benzene rings is 2. The minimum atomic E-state index is -3.43. The minimum absolute atomic E-state index is 0.111. The van der Waals surface area contributed by atoms with Gasteiger partial charge in [0, 0.05) is 26.2 Å². The van der Waals surface area contributed by atoms with Gasteiger partial charge in [-0.1, -0.05) is 18.2 Å². The molecule has 1 aliphatic carbocycles. The van der Waals surface area contributed by atoms with Gasteiger partial charge in [-0.3, -0.25) is 4.79 Å². The first kappa shape index (κ1) is 17.6. The molecule has 1 amide bonds. The quantitative estimate of drug-likeness (QED) is 0.892. The first-order valence-electron chi connectivity index (χ1n) is 8.29. The molecule has 2 aromatic carbocycles. The molecule has 0 atom stereocenters. The molecule has 0 spiro atoms. The molecule has 0 unspecified atom stereocenters. The van der Waals surface area contributed by atoms with Crippen molar-refractivity contribution in [2.24, 2.45) is 0 Å². The molecule has 2 aromatic rings. The van der Waals surface area contributed by atoms with Crippen LogP contribution < -0.4 is 5.32 Å². The van der Waals surface area contributed by atoms with Crippen LogP contribution in [0.4, 0.5) is 0 Å². The highest BCUT2D eigenvalue weighted by Gasteiger charge is 2.17. The molecule has 6 heteroatoms. The highest BCUT2D eigenvalue weighted by Crippen LogP contribution is 2.22. The van der Waals surface area contributed by atoms with Gasteiger partial charge in [0.05, 0.1) is 4.90 Å². The van der Waals surface area contributed by atoms with E-state index in [-0.39, 0.29) is 10.8 Å². The van der Waals surface area contributed by atoms with E-state index in [0.29, 0.717) is 12.1 Å². The zero-order chi connectivity index (χ0) is 18.0. The number of aryl methyl sites for hydroxylation is 2. The van der Waals surface area contributed by atoms with Crippen LogP contribution in [0.15, 0.2) is 47.4 Å². The molecule has 0 aliphatic heterocycles. The molecule has 0 saturated carbocycles. The summed E-state index contributed by atoms with van der Waals surface area (Å²) in [5.74, 6) is -0.111. The number of nitrogens with zero attached hydrogens (tertiary/aromatic N) is 1. The third-order valence-electron chi connectivity index (χ3n) is 4.52. The van der Waals surface area contributed by atoms with E-state index in [1.54, 1.807) is 24.3 Å². The van der Waals surface area contributed by atoms with Gasteiger partial charge in [-0.25, -0.2) is 12.7 Å². The zero-order valence-electron chi connectivity index (χ0n) is 14.5. The summed E-state index contributed by atoms with van der Waals surface area (Å²) < 4.78 is 25.3. The van der Waals surface area contributed by atoms with Crippen molar-refractivity contribution >= 4 is 15.9 Å². The Morgan fingerprint density at radius 3 is 2.40 bits per heavy atom. The van der Waals surface area contributed by atoms with E-state index < -0.39 is 10.0 Å². The van der Waals surface area contributed by atoms with Crippen molar-refractivity contribution in [2.75, 3.05) is 14.1 Å². The topological polar surface area (TPSA) is 66.5 Å². The Morgan fingerprint density at radius 1 is 1.04 bits per heavy atom. The fourth-order valence-electron chi connectivity index (χ4n) is 2.99. The minimum Gasteiger partial charge on any atom is -0.348 e. The molecule has 0 heterocycles. The van der Waals surface area contributed by atoms with Crippen molar-refractivity contribution in [3.63, 3.8) is 0 Å². The Hall–Kier alpha value is -2.18. The summed E-state index contributed by atoms with van der Waals surface area (Å²) in [5.41, 5.74) is 4.14. The highest BCUT2D eigenvalue weighted by molar-refractivity contribution is 7.89. The predicted molar refractivity (Wildman–Crippen MR) is 97.0 cm³/mol. The van der Waals surface area contributed by atoms with Crippen LogP contribution in [0.25, 0.3) is 0 Å². The maximum atomic E-state index is 12.3. The van der Waals surface area contributed by atoms with Crippen LogP contribution in [-0.4, -0.2) is 32.7 Å². The number of rotatable bonds is 5. The van der Waals surface area contributed by atoms with Crippen LogP contribution in [0, 0.1) is 0 Å². The Balaban J connectivity index is 1.64. The van der Waals surface area contributed by atoms with E-state index >= 15 is 0 Å². The largest absolute Gasteiger partial charge is 0.348 e. The van der Waals surface area contributed by atoms with Crippen LogP contribution in [-0.2, 0) is 29.4 Å². The van der Waals surface area contributed by atoms with Gasteiger partial charge in [0.1, 0.15) is 0 Å². The Labute approximate surface area is 148 Å². The molecule has 3 rings (SSSR count). The van der Waals surface area contributed by atoms with Gasteiger partial charge in [0.25, 0.3) is 5.91 Å². The first-order chi connectivity index (χ1) is 11.9. The summed E-state index contributed by atoms with van der Waals surface area (Å²) in [7, 11) is -0.428. The molecule has 0 bridgehead atoms. The molecule has 0 aromatic heterocycles. The summed E-state index contributed by atoms with van der Waals surface area (Å²) in [6.45, 7) is 0.359. The van der Waals surface area contributed by atoms with Gasteiger partial charge in [0.15, 0.2) is 0 Å². The van der Waals surface area contributed by atoms with E-state index in [0.717, 1.165) is 24.8 Å². The van der Waals surface area contributed by atoms with Crippen molar-refractivity contribution in [3.8, 4) is 0 Å². The molecular weight excluding hydrogens is 336 g/mol. The van der Waals surface area contributed by atoms with Gasteiger partial charge in [-0.15, -0.1) is 0 Å². The second-order valence-electron chi connectivity index (χ2n) is 6.45. The fourth-order valence-corrected chi connectivity index (χ4v) is 3.89. The first-order valence-corrected chi connectivity index (χ1v) is 9.73. The van der Waals surface area contributed by atoms with Crippen LogP contribution in [0.2, 0.25) is 0 Å². The van der Waals surface area contributed by atoms with Crippen LogP contribution in [0.1, 0.15) is 33.5 Å². The Morgan fingerprint density at radius 2 is 1.72 bits per heavy atom. The predicted octanol–water partition coefficient (Wildman–Crippen LogP) is 2.36. The van der Waals surface area contributed by atoms with Crippen LogP contribution in [0.3, 0.4) is 0 Å². The smallest absolute Gasteiger partial charge is 0.251 e. The summed E-state index contributed by atoms with van der Waals surface area (Å²) in [6, 6.07) is 12.5. The van der Waals surface area contributed by atoms with Crippen molar-refractivity contribution in [1.29, 1.82) is 0 Å². The molecule has 132 valence electrons. The Bertz CT molecular complexity index is 887. The Kier molecular flexibility index (Phi) is 4.92. The third kappa shape index (κ3) is 3.75. The maximum absolute atomic E-state index is 12.3. The van der Waals surface area contributed by atoms with Crippen molar-refractivity contribution < 1.29 is 13.2 Å². The maximum Gasteiger partial charge on any atom is 0.251 e. The molecular formula is C19H22N2O3S. The van der Waals surface area contributed by atoms with E-state index in [1.165, 1.54) is 29.5 Å². The number of fused-ring (bicyclic) bond motifs is 1. The van der Waals surface area contributed by atoms with Gasteiger partial charge >= 0.3 is 0 Å². The fraction of sp³-hybridized carbons (Fsp3) is 0.316.